The molecule has 1 aromatic heterocycles. The van der Waals surface area contributed by atoms with Gasteiger partial charge < -0.3 is 10.2 Å². The Balaban J connectivity index is 1.11. The minimum atomic E-state index is -0.239. The third-order valence-electron chi connectivity index (χ3n) is 6.32. The maximum Gasteiger partial charge on any atom is 0.277 e. The van der Waals surface area contributed by atoms with Gasteiger partial charge in [-0.15, -0.1) is 5.10 Å². The molecule has 0 radical (unpaired) electrons. The van der Waals surface area contributed by atoms with Crippen LogP contribution < -0.4 is 15.8 Å². The number of carbonyl (C=O) groups is 1. The van der Waals surface area contributed by atoms with E-state index in [1.807, 2.05) is 36.4 Å². The molecule has 8 heteroatoms. The van der Waals surface area contributed by atoms with E-state index < -0.39 is 0 Å². The fourth-order valence-corrected chi connectivity index (χ4v) is 4.36. The molecule has 8 nitrogen and oxygen atoms in total. The molecule has 0 saturated carbocycles. The summed E-state index contributed by atoms with van der Waals surface area (Å²) in [4.78, 5) is 29.8. The maximum absolute atomic E-state index is 12.5. The number of piperazine rings is 1. The van der Waals surface area contributed by atoms with Crippen molar-refractivity contribution in [3.63, 3.8) is 0 Å². The number of rotatable bonds is 7. The zero-order valence-corrected chi connectivity index (χ0v) is 19.5. The van der Waals surface area contributed by atoms with Crippen LogP contribution in [0.4, 0.5) is 11.4 Å². The largest absolute Gasteiger partial charge is 0.369 e. The Kier molecular flexibility index (Phi) is 6.81. The summed E-state index contributed by atoms with van der Waals surface area (Å²) < 4.78 is 1.24. The molecule has 4 aromatic rings. The van der Waals surface area contributed by atoms with Gasteiger partial charge in [0.2, 0.25) is 5.91 Å². The van der Waals surface area contributed by atoms with Gasteiger partial charge in [0.1, 0.15) is 5.52 Å². The molecule has 1 amide bonds. The highest BCUT2D eigenvalue weighted by atomic mass is 16.2. The fourth-order valence-electron chi connectivity index (χ4n) is 4.36. The summed E-state index contributed by atoms with van der Waals surface area (Å²) in [5.41, 5.74) is 3.55. The molecule has 1 N–H and O–H groups in total. The predicted molar refractivity (Wildman–Crippen MR) is 137 cm³/mol. The van der Waals surface area contributed by atoms with Crippen molar-refractivity contribution in [1.29, 1.82) is 0 Å². The molecule has 0 aliphatic carbocycles. The molecule has 0 spiro atoms. The molecule has 0 atom stereocenters. The van der Waals surface area contributed by atoms with E-state index in [0.29, 0.717) is 10.9 Å². The van der Waals surface area contributed by atoms with E-state index in [-0.39, 0.29) is 24.4 Å². The Hall–Kier alpha value is -4.04. The fraction of sp³-hybridized carbons (Fsp3) is 0.259. The van der Waals surface area contributed by atoms with Crippen LogP contribution in [0.3, 0.4) is 0 Å². The molecule has 0 unspecified atom stereocenters. The molecule has 5 rings (SSSR count). The van der Waals surface area contributed by atoms with Crippen LogP contribution in [0, 0.1) is 0 Å². The number of hydrogen-bond donors (Lipinski definition) is 1. The van der Waals surface area contributed by atoms with Gasteiger partial charge in [-0.2, -0.15) is 0 Å². The lowest BCUT2D eigenvalue weighted by molar-refractivity contribution is -0.116. The van der Waals surface area contributed by atoms with Crippen LogP contribution in [0.25, 0.3) is 10.9 Å². The zero-order valence-electron chi connectivity index (χ0n) is 19.5. The quantitative estimate of drug-likeness (QED) is 0.449. The van der Waals surface area contributed by atoms with Crippen molar-refractivity contribution in [2.75, 3.05) is 36.4 Å². The van der Waals surface area contributed by atoms with Gasteiger partial charge in [0.15, 0.2) is 0 Å². The minimum Gasteiger partial charge on any atom is -0.369 e. The SMILES string of the molecule is O=C(CCn1nnc2ccccc2c1=O)Nc1ccc(N2CCN(Cc3ccccc3)CC2)cc1. The average molecular weight is 469 g/mol. The number of fused-ring (bicyclic) bond motifs is 1. The lowest BCUT2D eigenvalue weighted by atomic mass is 10.2. The second kappa shape index (κ2) is 10.5. The number of aromatic nitrogens is 3. The first kappa shape index (κ1) is 22.7. The van der Waals surface area contributed by atoms with E-state index in [0.717, 1.165) is 44.1 Å². The van der Waals surface area contributed by atoms with Crippen molar-refractivity contribution in [2.24, 2.45) is 0 Å². The summed E-state index contributed by atoms with van der Waals surface area (Å²) in [5, 5.41) is 11.4. The van der Waals surface area contributed by atoms with Gasteiger partial charge in [-0.25, -0.2) is 4.68 Å². The minimum absolute atomic E-state index is 0.137. The van der Waals surface area contributed by atoms with Crippen LogP contribution >= 0.6 is 0 Å². The first-order valence-corrected chi connectivity index (χ1v) is 11.9. The molecule has 3 aromatic carbocycles. The van der Waals surface area contributed by atoms with Crippen LogP contribution in [-0.4, -0.2) is 52.0 Å². The molecular formula is C27H28N6O2. The first-order valence-electron chi connectivity index (χ1n) is 11.9. The number of nitrogens with one attached hydrogen (secondary N) is 1. The molecule has 0 bridgehead atoms. The van der Waals surface area contributed by atoms with Gasteiger partial charge in [-0.05, 0) is 42.0 Å². The van der Waals surface area contributed by atoms with Crippen molar-refractivity contribution in [1.82, 2.24) is 19.9 Å². The summed E-state index contributed by atoms with van der Waals surface area (Å²) in [6.07, 6.45) is 0.137. The molecule has 1 aliphatic rings. The Labute approximate surface area is 203 Å². The van der Waals surface area contributed by atoms with E-state index in [1.165, 1.54) is 10.2 Å². The van der Waals surface area contributed by atoms with Gasteiger partial charge >= 0.3 is 0 Å². The Morgan fingerprint density at radius 2 is 1.57 bits per heavy atom. The number of aryl methyl sites for hydroxylation is 1. The highest BCUT2D eigenvalue weighted by molar-refractivity contribution is 5.90. The maximum atomic E-state index is 12.5. The highest BCUT2D eigenvalue weighted by Gasteiger charge is 2.17. The number of carbonyl (C=O) groups excluding carboxylic acids is 1. The Morgan fingerprint density at radius 1 is 0.857 bits per heavy atom. The summed E-state index contributed by atoms with van der Waals surface area (Å²) in [7, 11) is 0. The topological polar surface area (TPSA) is 83.4 Å². The van der Waals surface area contributed by atoms with Gasteiger partial charge in [-0.1, -0.05) is 47.7 Å². The lowest BCUT2D eigenvalue weighted by Crippen LogP contribution is -2.45. The second-order valence-electron chi connectivity index (χ2n) is 8.73. The molecule has 2 heterocycles. The smallest absolute Gasteiger partial charge is 0.277 e. The summed E-state index contributed by atoms with van der Waals surface area (Å²) in [6.45, 7) is 5.14. The third-order valence-corrected chi connectivity index (χ3v) is 6.32. The molecule has 178 valence electrons. The molecule has 1 saturated heterocycles. The van der Waals surface area contributed by atoms with E-state index in [9.17, 15) is 9.59 Å². The number of benzene rings is 3. The van der Waals surface area contributed by atoms with Crippen LogP contribution in [-0.2, 0) is 17.9 Å². The van der Waals surface area contributed by atoms with Crippen LogP contribution in [0.5, 0.6) is 0 Å². The zero-order chi connectivity index (χ0) is 24.0. The lowest BCUT2D eigenvalue weighted by Gasteiger charge is -2.36. The number of nitrogens with zero attached hydrogens (tertiary/aromatic N) is 5. The van der Waals surface area contributed by atoms with Gasteiger partial charge in [0, 0.05) is 50.5 Å². The average Bonchev–Trinajstić information content (AvgIpc) is 2.90. The number of anilines is 2. The van der Waals surface area contributed by atoms with Crippen molar-refractivity contribution in [2.45, 2.75) is 19.5 Å². The van der Waals surface area contributed by atoms with Crippen LogP contribution in [0.1, 0.15) is 12.0 Å². The molecular weight excluding hydrogens is 440 g/mol. The van der Waals surface area contributed by atoms with Crippen molar-refractivity contribution < 1.29 is 4.79 Å². The van der Waals surface area contributed by atoms with Crippen molar-refractivity contribution in [3.8, 4) is 0 Å². The first-order chi connectivity index (χ1) is 17.2. The van der Waals surface area contributed by atoms with Crippen LogP contribution in [0.2, 0.25) is 0 Å². The molecule has 1 fully saturated rings. The molecule has 1 aliphatic heterocycles. The monoisotopic (exact) mass is 468 g/mol. The standard InChI is InChI=1S/C27H28N6O2/c34-26(14-15-33-27(35)24-8-4-5-9-25(24)29-30-33)28-22-10-12-23(13-11-22)32-18-16-31(17-19-32)20-21-6-2-1-3-7-21/h1-13H,14-20H2,(H,28,34). The third kappa shape index (κ3) is 5.55. The number of amides is 1. The van der Waals surface area contributed by atoms with E-state index in [4.69, 9.17) is 0 Å². The van der Waals surface area contributed by atoms with E-state index >= 15 is 0 Å². The summed E-state index contributed by atoms with van der Waals surface area (Å²) >= 11 is 0. The van der Waals surface area contributed by atoms with Crippen molar-refractivity contribution >= 4 is 28.2 Å². The van der Waals surface area contributed by atoms with Crippen LogP contribution in [0.15, 0.2) is 83.7 Å². The summed E-state index contributed by atoms with van der Waals surface area (Å²) in [5.74, 6) is -0.172. The van der Waals surface area contributed by atoms with Gasteiger partial charge in [-0.3, -0.25) is 14.5 Å². The van der Waals surface area contributed by atoms with E-state index in [2.05, 4.69) is 49.7 Å². The van der Waals surface area contributed by atoms with Gasteiger partial charge in [0.05, 0.1) is 11.9 Å². The number of hydrogen-bond acceptors (Lipinski definition) is 6. The van der Waals surface area contributed by atoms with Gasteiger partial charge in [0.25, 0.3) is 5.56 Å². The Bertz CT molecular complexity index is 1350. The normalized spacial score (nSPS) is 14.2. The van der Waals surface area contributed by atoms with Crippen molar-refractivity contribution in [3.05, 3.63) is 94.8 Å². The predicted octanol–water partition coefficient (Wildman–Crippen LogP) is 3.14. The summed E-state index contributed by atoms with van der Waals surface area (Å²) in [6, 6.07) is 25.6. The molecule has 35 heavy (non-hydrogen) atoms. The van der Waals surface area contributed by atoms with E-state index in [1.54, 1.807) is 18.2 Å². The second-order valence-corrected chi connectivity index (χ2v) is 8.73. The Morgan fingerprint density at radius 3 is 2.34 bits per heavy atom. The highest BCUT2D eigenvalue weighted by Crippen LogP contribution is 2.20.